The molecule has 0 aromatic heterocycles. The Morgan fingerprint density at radius 3 is 0.932 bits per heavy atom. The lowest BCUT2D eigenvalue weighted by Gasteiger charge is -2.27. The highest BCUT2D eigenvalue weighted by Gasteiger charge is 2.23. The Kier molecular flexibility index (Phi) is 19.4. The van der Waals surface area contributed by atoms with Crippen LogP contribution in [-0.2, 0) is 5.41 Å². The van der Waals surface area contributed by atoms with Crippen LogP contribution in [0.5, 0.6) is 0 Å². The molecule has 3 heteroatoms. The maximum atomic E-state index is 9.98. The van der Waals surface area contributed by atoms with Gasteiger partial charge in [0, 0.05) is 51.2 Å². The molecule has 0 aliphatic heterocycles. The molecule has 0 N–H and O–H groups in total. The molecule has 0 amide bonds. The van der Waals surface area contributed by atoms with Crippen LogP contribution in [0.2, 0.25) is 0 Å². The smallest absolute Gasteiger partial charge is 0.0652 e. The standard InChI is InChI=1S/2C48H33N.C40H33N.C4H6.C3H4.C2H2/c2*1-3-10-34(11-4-1)36-18-25-42(26-19-36)49(43-27-20-37(21-28-43)41-16-9-15-40(32-41)35-12-5-2-6-13-35)44-29-22-39-24-30-46-45-17-8-7-14-38(45)23-31-47(46)48(39)33-44;1-40(2,3)32-18-23-34(24-19-32)41(33-20-13-29(14-21-33)28-9-5-4-6-10-28)35-22-15-31-17-25-37-36-12-8-7-11-30(36)16-26-38(37)39(31)27-35;1-3-4-2;1-3-2;1-2/h2*1-33H;4-27H,1-3H3;1-2H3;1H,2H3;1-2H/i1D,2D,3D,4D,5D,6D,7D,8D,9D,10D,11D,12D,13D,14D,15D,16D,17D,18D,19D,20D,21D,22D,23D,24D,25D,26D,27D,28D,29D,30D,31D,32D,33D;;;;;. The quantitative estimate of drug-likeness (QED) is 0.0705. The summed E-state index contributed by atoms with van der Waals surface area (Å²) in [6, 6.07) is 90.4. The summed E-state index contributed by atoms with van der Waals surface area (Å²) in [5.41, 5.74) is 8.80. The minimum Gasteiger partial charge on any atom is -0.310 e. The highest BCUT2D eigenvalue weighted by Crippen LogP contribution is 2.47. The van der Waals surface area contributed by atoms with Crippen LogP contribution in [0.3, 0.4) is 0 Å². The second-order valence-electron chi connectivity index (χ2n) is 35.3. The van der Waals surface area contributed by atoms with Crippen LogP contribution in [0.15, 0.2) is 545 Å². The number of nitrogens with zero attached hydrogens (tertiary/aromatic N) is 3. The zero-order valence-corrected chi connectivity index (χ0v) is 81.5. The van der Waals surface area contributed by atoms with E-state index in [-0.39, 0.29) is 10.3 Å². The van der Waals surface area contributed by atoms with E-state index in [4.69, 9.17) is 26.0 Å². The summed E-state index contributed by atoms with van der Waals surface area (Å²) in [5.74, 6) is 7.61. The fraction of sp³-hybridized carbons (Fsp3) is 0.0483. The van der Waals surface area contributed by atoms with Crippen molar-refractivity contribution in [3.8, 4) is 115 Å². The molecule has 0 atom stereocenters. The van der Waals surface area contributed by atoms with Crippen LogP contribution < -0.4 is 14.7 Å². The highest BCUT2D eigenvalue weighted by atomic mass is 15.2. The van der Waals surface area contributed by atoms with Gasteiger partial charge in [-0.1, -0.05) is 445 Å². The molecule has 0 radical (unpaired) electrons. The molecule has 0 saturated carbocycles. The van der Waals surface area contributed by atoms with Gasteiger partial charge in [-0.05, 0) is 328 Å². The first kappa shape index (κ1) is 64.5. The molecule has 3 nitrogen and oxygen atoms in total. The molecule has 0 aliphatic rings. The first-order chi connectivity index (χ1) is 86.6. The summed E-state index contributed by atoms with van der Waals surface area (Å²) >= 11 is 0. The molecule has 25 aromatic rings. The largest absolute Gasteiger partial charge is 0.310 e. The summed E-state index contributed by atoms with van der Waals surface area (Å²) in [5, 5.41) is 11.1. The molecule has 0 spiro atoms. The van der Waals surface area contributed by atoms with E-state index in [2.05, 4.69) is 413 Å². The average molecular weight is 1930 g/mol. The summed E-state index contributed by atoms with van der Waals surface area (Å²) in [6.07, 6.45) is 12.6. The summed E-state index contributed by atoms with van der Waals surface area (Å²) < 4.78 is 295. The second-order valence-corrected chi connectivity index (χ2v) is 35.3. The predicted molar refractivity (Wildman–Crippen MR) is 641 cm³/mol. The molecule has 0 fully saturated rings. The Hall–Kier alpha value is -19.1. The number of benzene rings is 25. The molecule has 0 saturated heterocycles. The van der Waals surface area contributed by atoms with Crippen molar-refractivity contribution in [3.63, 3.8) is 0 Å². The number of terminal acetylenes is 2. The van der Waals surface area contributed by atoms with Crippen LogP contribution in [0, 0.1) is 37.0 Å². The van der Waals surface area contributed by atoms with Crippen LogP contribution in [0.4, 0.5) is 51.2 Å². The first-order valence-corrected chi connectivity index (χ1v) is 47.7. The van der Waals surface area contributed by atoms with Gasteiger partial charge < -0.3 is 14.7 Å². The van der Waals surface area contributed by atoms with Crippen LogP contribution in [0.25, 0.3) is 175 Å². The molecule has 25 rings (SSSR count). The van der Waals surface area contributed by atoms with Crippen molar-refractivity contribution in [2.45, 2.75) is 47.0 Å². The number of hydrogen-bond acceptors (Lipinski definition) is 3. The molecule has 706 valence electrons. The van der Waals surface area contributed by atoms with E-state index in [9.17, 15) is 19.2 Å². The van der Waals surface area contributed by atoms with Gasteiger partial charge in [0.1, 0.15) is 0 Å². The SMILES string of the molecule is C#C.C#CC.CC#CC.CC(C)(C)c1ccc(N(c2ccc(-c3ccccc3)cc2)c2ccc3ccc4c5ccccc5ccc4c3c2)cc1.[2H]c1c([2H])c([2H])c(-c2c([2H])c([2H])c(N(c3c([2H])c([2H])c(-c4c([2H])c([2H])c([2H])c(-c5c([2H])c([2H])c([2H])c([2H])c5[2H])c4[2H])c([2H])c3[2H])c3c([2H])c([2H])c4c([2H])c([2H])c5c6c([2H])c([2H])c([2H])c([2H])c6c([2H])c([2H])c5c4c3[2H])c([2H])c2[2H])c([2H])c1[2H].c1ccc(-c2ccc(N(c3ccc(-c4cccc(-c5ccccc5)c4)cc3)c3ccc4ccc5c6ccccc6ccc5c4c3)cc2)cc1. The Morgan fingerprint density at radius 2 is 0.493 bits per heavy atom. The van der Waals surface area contributed by atoms with Gasteiger partial charge in [-0.15, -0.1) is 37.0 Å². The third-order valence-electron chi connectivity index (χ3n) is 25.2. The Labute approximate surface area is 916 Å². The Balaban J connectivity index is 0.000000163. The van der Waals surface area contributed by atoms with Crippen molar-refractivity contribution >= 4 is 148 Å². The topological polar surface area (TPSA) is 9.72 Å². The van der Waals surface area contributed by atoms with E-state index in [1.165, 1.54) is 115 Å². The Morgan fingerprint density at radius 1 is 0.189 bits per heavy atom. The molecule has 25 aromatic carbocycles. The summed E-state index contributed by atoms with van der Waals surface area (Å²) in [4.78, 5) is 5.03. The predicted octanol–water partition coefficient (Wildman–Crippen LogP) is 40.7. The molecule has 0 unspecified atom stereocenters. The Bertz CT molecular complexity index is 11200. The van der Waals surface area contributed by atoms with Crippen molar-refractivity contribution in [2.75, 3.05) is 14.7 Å². The van der Waals surface area contributed by atoms with Gasteiger partial charge in [-0.3, -0.25) is 0 Å². The third kappa shape index (κ3) is 21.0. The molecule has 0 heterocycles. The normalized spacial score (nSPS) is 14.0. The van der Waals surface area contributed by atoms with Gasteiger partial charge in [0.05, 0.1) is 45.2 Å². The number of hydrogen-bond donors (Lipinski definition) is 0. The number of anilines is 9. The van der Waals surface area contributed by atoms with E-state index < -0.39 is 282 Å². The lowest BCUT2D eigenvalue weighted by molar-refractivity contribution is 0.590. The average Bonchev–Trinajstić information content (AvgIpc) is 0.688. The second kappa shape index (κ2) is 44.6. The third-order valence-corrected chi connectivity index (χ3v) is 25.2. The molecular formula is C145H111N3. The number of rotatable bonds is 16. The van der Waals surface area contributed by atoms with Crippen molar-refractivity contribution in [1.29, 1.82) is 0 Å². The highest BCUT2D eigenvalue weighted by molar-refractivity contribution is 6.21. The zero-order valence-electron chi connectivity index (χ0n) is 114. The maximum Gasteiger partial charge on any atom is 0.0652 e. The summed E-state index contributed by atoms with van der Waals surface area (Å²) in [7, 11) is 0. The van der Waals surface area contributed by atoms with Crippen molar-refractivity contribution < 1.29 is 45.2 Å². The van der Waals surface area contributed by atoms with Crippen LogP contribution in [-0.4, -0.2) is 0 Å². The van der Waals surface area contributed by atoms with Crippen LogP contribution >= 0.6 is 0 Å². The molecular weight excluding hydrogens is 1780 g/mol. The van der Waals surface area contributed by atoms with Gasteiger partial charge in [0.15, 0.2) is 0 Å². The van der Waals surface area contributed by atoms with E-state index in [0.717, 1.165) is 34.1 Å². The van der Waals surface area contributed by atoms with E-state index in [1.54, 1.807) is 6.92 Å². The maximum absolute atomic E-state index is 9.98. The molecule has 0 bridgehead atoms. The van der Waals surface area contributed by atoms with Crippen LogP contribution in [0.1, 0.15) is 92.3 Å². The van der Waals surface area contributed by atoms with Gasteiger partial charge >= 0.3 is 0 Å². The minimum atomic E-state index is -1.36. The summed E-state index contributed by atoms with van der Waals surface area (Å²) in [6.45, 7) is 12.1. The van der Waals surface area contributed by atoms with E-state index in [0.29, 0.717) is 0 Å². The minimum absolute atomic E-state index is 0.103. The zero-order chi connectivity index (χ0) is 130. The molecule has 0 aliphatic carbocycles. The van der Waals surface area contributed by atoms with Gasteiger partial charge in [-0.2, -0.15) is 0 Å². The van der Waals surface area contributed by atoms with E-state index >= 15 is 0 Å². The first-order valence-electron chi connectivity index (χ1n) is 64.2. The molecule has 148 heavy (non-hydrogen) atoms. The van der Waals surface area contributed by atoms with Gasteiger partial charge in [0.25, 0.3) is 0 Å². The van der Waals surface area contributed by atoms with Gasteiger partial charge in [0.2, 0.25) is 0 Å². The monoisotopic (exact) mass is 1930 g/mol. The fourth-order valence-corrected chi connectivity index (χ4v) is 18.0. The lowest BCUT2D eigenvalue weighted by atomic mass is 9.87. The van der Waals surface area contributed by atoms with Crippen molar-refractivity contribution in [2.24, 2.45) is 0 Å². The van der Waals surface area contributed by atoms with Crippen molar-refractivity contribution in [3.05, 3.63) is 551 Å². The van der Waals surface area contributed by atoms with Gasteiger partial charge in [-0.25, -0.2) is 0 Å². The van der Waals surface area contributed by atoms with E-state index in [1.807, 2.05) is 13.8 Å². The lowest BCUT2D eigenvalue weighted by Crippen LogP contribution is -2.13. The fourth-order valence-electron chi connectivity index (χ4n) is 18.0. The van der Waals surface area contributed by atoms with Crippen molar-refractivity contribution in [1.82, 2.24) is 0 Å². The number of fused-ring (bicyclic) bond motifs is 15.